The van der Waals surface area contributed by atoms with Crippen molar-refractivity contribution in [2.24, 2.45) is 0 Å². The number of piperidine rings is 1. The molecule has 1 aromatic carbocycles. The first-order chi connectivity index (χ1) is 10.4. The summed E-state index contributed by atoms with van der Waals surface area (Å²) in [6, 6.07) is 7.91. The molecule has 0 aliphatic carbocycles. The molecule has 0 spiro atoms. The lowest BCUT2D eigenvalue weighted by Gasteiger charge is -2.37. The molecule has 0 saturated carbocycles. The van der Waals surface area contributed by atoms with E-state index in [1.807, 2.05) is 0 Å². The lowest BCUT2D eigenvalue weighted by atomic mass is 10.0. The summed E-state index contributed by atoms with van der Waals surface area (Å²) < 4.78 is 0. The smallest absolute Gasteiger partial charge is 0.173 e. The summed E-state index contributed by atoms with van der Waals surface area (Å²) in [7, 11) is 2.32. The molecule has 1 unspecified atom stereocenters. The van der Waals surface area contributed by atoms with Crippen LogP contribution in [-0.4, -0.2) is 42.2 Å². The van der Waals surface area contributed by atoms with E-state index in [0.29, 0.717) is 6.04 Å². The van der Waals surface area contributed by atoms with Crippen LogP contribution in [0.3, 0.4) is 0 Å². The summed E-state index contributed by atoms with van der Waals surface area (Å²) in [5, 5.41) is 4.31. The topological polar surface area (TPSA) is 19.7 Å². The zero-order chi connectivity index (χ0) is 16.3. The molecule has 1 fully saturated rings. The fourth-order valence-corrected chi connectivity index (χ4v) is 3.37. The molecule has 122 valence electrons. The maximum Gasteiger partial charge on any atom is 0.173 e. The summed E-state index contributed by atoms with van der Waals surface area (Å²) in [6.45, 7) is 11.0. The summed E-state index contributed by atoms with van der Waals surface area (Å²) >= 11 is 5.62. The number of nitrogens with zero attached hydrogens (tertiary/aromatic N) is 1. The molecule has 1 heterocycles. The molecule has 1 atom stereocenters. The molecule has 1 aliphatic rings. The standard InChI is InChI=1S/C18H29N3S/c1-13(2)20(5)16-8-10-21(11-9-16)18(22)19-17-12-14(3)6-7-15(17)4/h6-7,12-13,16H,8-11H2,1-5H3,(H,19,22)/p+1. The highest BCUT2D eigenvalue weighted by Gasteiger charge is 2.27. The minimum atomic E-state index is 0.691. The van der Waals surface area contributed by atoms with E-state index >= 15 is 0 Å². The van der Waals surface area contributed by atoms with Gasteiger partial charge in [0.1, 0.15) is 0 Å². The fourth-order valence-electron chi connectivity index (χ4n) is 3.07. The van der Waals surface area contributed by atoms with Gasteiger partial charge in [-0.15, -0.1) is 0 Å². The van der Waals surface area contributed by atoms with Gasteiger partial charge in [-0.1, -0.05) is 12.1 Å². The van der Waals surface area contributed by atoms with Gasteiger partial charge in [0.15, 0.2) is 5.11 Å². The molecule has 0 bridgehead atoms. The van der Waals surface area contributed by atoms with Crippen molar-refractivity contribution in [3.8, 4) is 0 Å². The highest BCUT2D eigenvalue weighted by atomic mass is 32.1. The predicted molar refractivity (Wildman–Crippen MR) is 98.8 cm³/mol. The van der Waals surface area contributed by atoms with E-state index in [4.69, 9.17) is 12.2 Å². The monoisotopic (exact) mass is 320 g/mol. The van der Waals surface area contributed by atoms with Crippen LogP contribution in [0.15, 0.2) is 18.2 Å². The molecule has 2 rings (SSSR count). The summed E-state index contributed by atoms with van der Waals surface area (Å²) in [6.07, 6.45) is 2.44. The normalized spacial score (nSPS) is 17.6. The maximum absolute atomic E-state index is 5.62. The number of likely N-dealkylation sites (tertiary alicyclic amines) is 1. The molecule has 1 aromatic rings. The molecule has 0 amide bonds. The molecular formula is C18H30N3S+. The molecule has 1 aliphatic heterocycles. The van der Waals surface area contributed by atoms with Crippen LogP contribution in [0.5, 0.6) is 0 Å². The van der Waals surface area contributed by atoms with E-state index in [2.05, 4.69) is 63.2 Å². The Kier molecular flexibility index (Phi) is 5.81. The van der Waals surface area contributed by atoms with Crippen LogP contribution in [0.2, 0.25) is 0 Å². The van der Waals surface area contributed by atoms with Crippen molar-refractivity contribution in [3.05, 3.63) is 29.3 Å². The lowest BCUT2D eigenvalue weighted by molar-refractivity contribution is -0.928. The predicted octanol–water partition coefficient (Wildman–Crippen LogP) is 2.39. The van der Waals surface area contributed by atoms with Gasteiger partial charge in [-0.2, -0.15) is 0 Å². The Hall–Kier alpha value is -1.13. The number of nitrogens with one attached hydrogen (secondary N) is 2. The van der Waals surface area contributed by atoms with Crippen LogP contribution in [0.25, 0.3) is 0 Å². The SMILES string of the molecule is Cc1ccc(C)c(NC(=S)N2CCC([NH+](C)C(C)C)CC2)c1. The molecule has 22 heavy (non-hydrogen) atoms. The van der Waals surface area contributed by atoms with Crippen molar-refractivity contribution in [3.63, 3.8) is 0 Å². The Morgan fingerprint density at radius 2 is 1.91 bits per heavy atom. The second kappa shape index (κ2) is 7.42. The molecule has 4 heteroatoms. The molecular weight excluding hydrogens is 290 g/mol. The number of thiocarbonyl (C=S) groups is 1. The van der Waals surface area contributed by atoms with Gasteiger partial charge in [0.25, 0.3) is 0 Å². The fraction of sp³-hybridized carbons (Fsp3) is 0.611. The quantitative estimate of drug-likeness (QED) is 0.835. The average Bonchev–Trinajstić information content (AvgIpc) is 2.50. The van der Waals surface area contributed by atoms with Crippen LogP contribution in [-0.2, 0) is 0 Å². The third-order valence-corrected chi connectivity index (χ3v) is 5.33. The van der Waals surface area contributed by atoms with Crippen LogP contribution in [0.4, 0.5) is 5.69 Å². The van der Waals surface area contributed by atoms with Gasteiger partial charge < -0.3 is 15.1 Å². The molecule has 0 radical (unpaired) electrons. The maximum atomic E-state index is 5.62. The Morgan fingerprint density at radius 3 is 2.50 bits per heavy atom. The Bertz CT molecular complexity index is 519. The zero-order valence-corrected chi connectivity index (χ0v) is 15.4. The zero-order valence-electron chi connectivity index (χ0n) is 14.6. The third kappa shape index (κ3) is 4.20. The van der Waals surface area contributed by atoms with Gasteiger partial charge in [-0.25, -0.2) is 0 Å². The van der Waals surface area contributed by atoms with Crippen LogP contribution in [0, 0.1) is 13.8 Å². The van der Waals surface area contributed by atoms with Crippen molar-refractivity contribution < 1.29 is 4.90 Å². The highest BCUT2D eigenvalue weighted by Crippen LogP contribution is 2.18. The molecule has 0 aromatic heterocycles. The van der Waals surface area contributed by atoms with Gasteiger partial charge in [-0.05, 0) is 57.1 Å². The van der Waals surface area contributed by atoms with E-state index in [-0.39, 0.29) is 0 Å². The molecule has 1 saturated heterocycles. The number of hydrogen-bond donors (Lipinski definition) is 2. The number of anilines is 1. The van der Waals surface area contributed by atoms with E-state index in [0.717, 1.165) is 29.9 Å². The lowest BCUT2D eigenvalue weighted by Crippen LogP contribution is -3.16. The van der Waals surface area contributed by atoms with Crippen molar-refractivity contribution >= 4 is 23.0 Å². The highest BCUT2D eigenvalue weighted by molar-refractivity contribution is 7.80. The number of aryl methyl sites for hydroxylation is 2. The molecule has 2 N–H and O–H groups in total. The van der Waals surface area contributed by atoms with E-state index in [1.54, 1.807) is 4.90 Å². The van der Waals surface area contributed by atoms with Crippen molar-refractivity contribution in [2.75, 3.05) is 25.5 Å². The minimum absolute atomic E-state index is 0.691. The largest absolute Gasteiger partial charge is 0.349 e. The summed E-state index contributed by atoms with van der Waals surface area (Å²) in [5.74, 6) is 0. The molecule has 3 nitrogen and oxygen atoms in total. The van der Waals surface area contributed by atoms with Gasteiger partial charge >= 0.3 is 0 Å². The third-order valence-electron chi connectivity index (χ3n) is 4.97. The average molecular weight is 321 g/mol. The first-order valence-electron chi connectivity index (χ1n) is 8.35. The Morgan fingerprint density at radius 1 is 1.27 bits per heavy atom. The Balaban J connectivity index is 1.91. The van der Waals surface area contributed by atoms with Gasteiger partial charge in [0.2, 0.25) is 0 Å². The van der Waals surface area contributed by atoms with E-state index in [9.17, 15) is 0 Å². The number of quaternary nitrogens is 1. The van der Waals surface area contributed by atoms with Crippen LogP contribution in [0.1, 0.15) is 37.8 Å². The van der Waals surface area contributed by atoms with Crippen molar-refractivity contribution in [1.29, 1.82) is 0 Å². The van der Waals surface area contributed by atoms with E-state index in [1.165, 1.54) is 24.0 Å². The van der Waals surface area contributed by atoms with Gasteiger partial charge in [0, 0.05) is 31.6 Å². The number of hydrogen-bond acceptors (Lipinski definition) is 1. The first-order valence-corrected chi connectivity index (χ1v) is 8.76. The van der Waals surface area contributed by atoms with E-state index < -0.39 is 0 Å². The summed E-state index contributed by atoms with van der Waals surface area (Å²) in [4.78, 5) is 3.97. The first kappa shape index (κ1) is 17.2. The van der Waals surface area contributed by atoms with Crippen molar-refractivity contribution in [2.45, 2.75) is 52.6 Å². The number of rotatable bonds is 3. The van der Waals surface area contributed by atoms with Crippen LogP contribution < -0.4 is 10.2 Å². The second-order valence-corrected chi connectivity index (χ2v) is 7.30. The van der Waals surface area contributed by atoms with Gasteiger partial charge in [-0.3, -0.25) is 0 Å². The van der Waals surface area contributed by atoms with Crippen LogP contribution >= 0.6 is 12.2 Å². The number of benzene rings is 1. The van der Waals surface area contributed by atoms with Crippen molar-refractivity contribution in [1.82, 2.24) is 4.90 Å². The Labute approximate surface area is 140 Å². The second-order valence-electron chi connectivity index (χ2n) is 6.91. The summed E-state index contributed by atoms with van der Waals surface area (Å²) in [5.41, 5.74) is 3.64. The minimum Gasteiger partial charge on any atom is -0.349 e. The van der Waals surface area contributed by atoms with Gasteiger partial charge in [0.05, 0.1) is 19.1 Å².